The van der Waals surface area contributed by atoms with Crippen molar-refractivity contribution in [3.05, 3.63) is 83.4 Å². The van der Waals surface area contributed by atoms with Crippen LogP contribution in [0.25, 0.3) is 11.1 Å². The number of carbonyl (C=O) groups excluding carboxylic acids is 1. The van der Waals surface area contributed by atoms with E-state index in [0.717, 1.165) is 28.8 Å². The minimum absolute atomic E-state index is 0.0699. The third-order valence-corrected chi connectivity index (χ3v) is 4.29. The molecule has 0 radical (unpaired) electrons. The molecule has 0 saturated carbocycles. The van der Waals surface area contributed by atoms with Gasteiger partial charge in [-0.1, -0.05) is 67.1 Å². The maximum atomic E-state index is 12.3. The summed E-state index contributed by atoms with van der Waals surface area (Å²) in [5.74, 6) is 0.430. The molecule has 0 bridgehead atoms. The van der Waals surface area contributed by atoms with E-state index >= 15 is 0 Å². The monoisotopic (exact) mass is 365 g/mol. The second-order valence-corrected chi connectivity index (χ2v) is 6.29. The first-order valence-electron chi connectivity index (χ1n) is 8.53. The van der Waals surface area contributed by atoms with E-state index < -0.39 is 0 Å². The highest BCUT2D eigenvalue weighted by atomic mass is 35.5. The summed E-state index contributed by atoms with van der Waals surface area (Å²) in [5, 5.41) is 3.54. The zero-order chi connectivity index (χ0) is 18.4. The number of ether oxygens (including phenoxy) is 1. The summed E-state index contributed by atoms with van der Waals surface area (Å²) in [6, 6.07) is 23.0. The van der Waals surface area contributed by atoms with Crippen molar-refractivity contribution in [2.75, 3.05) is 11.9 Å². The molecule has 0 unspecified atom stereocenters. The molecule has 3 aromatic carbocycles. The van der Waals surface area contributed by atoms with Gasteiger partial charge in [-0.2, -0.15) is 0 Å². The van der Waals surface area contributed by atoms with Crippen LogP contribution in [0.5, 0.6) is 5.75 Å². The van der Waals surface area contributed by atoms with Crippen molar-refractivity contribution in [1.29, 1.82) is 0 Å². The van der Waals surface area contributed by atoms with Gasteiger partial charge in [-0.3, -0.25) is 4.79 Å². The van der Waals surface area contributed by atoms with Crippen molar-refractivity contribution in [1.82, 2.24) is 0 Å². The van der Waals surface area contributed by atoms with Gasteiger partial charge in [0.05, 0.1) is 0 Å². The minimum atomic E-state index is -0.195. The predicted octanol–water partition coefficient (Wildman–Crippen LogP) is 5.59. The zero-order valence-corrected chi connectivity index (χ0v) is 15.3. The summed E-state index contributed by atoms with van der Waals surface area (Å²) in [6.07, 6.45) is 0.854. The normalized spacial score (nSPS) is 10.4. The molecule has 0 atom stereocenters. The van der Waals surface area contributed by atoms with Crippen LogP contribution in [0.4, 0.5) is 5.69 Å². The van der Waals surface area contributed by atoms with Crippen molar-refractivity contribution in [3.63, 3.8) is 0 Å². The molecule has 4 heteroatoms. The van der Waals surface area contributed by atoms with E-state index in [-0.39, 0.29) is 12.5 Å². The van der Waals surface area contributed by atoms with Crippen LogP contribution in [0.3, 0.4) is 0 Å². The molecule has 1 amide bonds. The fraction of sp³-hybridized carbons (Fsp3) is 0.136. The number of anilines is 1. The van der Waals surface area contributed by atoms with Gasteiger partial charge in [0.25, 0.3) is 5.91 Å². The summed E-state index contributed by atoms with van der Waals surface area (Å²) < 4.78 is 5.78. The summed E-state index contributed by atoms with van der Waals surface area (Å²) >= 11 is 6.14. The number of halogens is 1. The smallest absolute Gasteiger partial charge is 0.262 e. The Morgan fingerprint density at radius 3 is 2.50 bits per heavy atom. The van der Waals surface area contributed by atoms with Crippen LogP contribution >= 0.6 is 11.6 Å². The average molecular weight is 366 g/mol. The highest BCUT2D eigenvalue weighted by molar-refractivity contribution is 6.31. The van der Waals surface area contributed by atoms with E-state index in [9.17, 15) is 4.79 Å². The molecule has 0 aliphatic heterocycles. The lowest BCUT2D eigenvalue weighted by Gasteiger charge is -2.13. The zero-order valence-electron chi connectivity index (χ0n) is 14.5. The number of rotatable bonds is 6. The Hall–Kier alpha value is -2.78. The van der Waals surface area contributed by atoms with Gasteiger partial charge < -0.3 is 10.1 Å². The standard InChI is InChI=1S/C22H20ClNO2/c1-2-16-8-6-7-11-20(16)24-22(25)15-26-21-13-12-18(23)14-19(21)17-9-4-3-5-10-17/h3-14H,2,15H2,1H3,(H,24,25). The number of nitrogens with one attached hydrogen (secondary N) is 1. The van der Waals surface area contributed by atoms with E-state index in [2.05, 4.69) is 12.2 Å². The Morgan fingerprint density at radius 1 is 1.00 bits per heavy atom. The van der Waals surface area contributed by atoms with Gasteiger partial charge in [0.15, 0.2) is 6.61 Å². The molecule has 0 heterocycles. The highest BCUT2D eigenvalue weighted by Gasteiger charge is 2.11. The van der Waals surface area contributed by atoms with Crippen molar-refractivity contribution < 1.29 is 9.53 Å². The number of para-hydroxylation sites is 1. The van der Waals surface area contributed by atoms with Gasteiger partial charge in [-0.05, 0) is 41.8 Å². The van der Waals surface area contributed by atoms with Gasteiger partial charge in [0.2, 0.25) is 0 Å². The van der Waals surface area contributed by atoms with Crippen molar-refractivity contribution in [2.45, 2.75) is 13.3 Å². The third-order valence-electron chi connectivity index (χ3n) is 4.06. The van der Waals surface area contributed by atoms with E-state index in [1.54, 1.807) is 12.1 Å². The summed E-state index contributed by atoms with van der Waals surface area (Å²) in [6.45, 7) is 1.99. The fourth-order valence-electron chi connectivity index (χ4n) is 2.75. The molecule has 3 aromatic rings. The molecule has 26 heavy (non-hydrogen) atoms. The van der Waals surface area contributed by atoms with Crippen LogP contribution in [0.2, 0.25) is 5.02 Å². The molecular weight excluding hydrogens is 346 g/mol. The van der Waals surface area contributed by atoms with Crippen LogP contribution in [0, 0.1) is 0 Å². The number of benzene rings is 3. The topological polar surface area (TPSA) is 38.3 Å². The molecule has 3 rings (SSSR count). The fourth-order valence-corrected chi connectivity index (χ4v) is 2.92. The first kappa shape index (κ1) is 18.0. The predicted molar refractivity (Wildman–Crippen MR) is 107 cm³/mol. The van der Waals surface area contributed by atoms with Crippen LogP contribution < -0.4 is 10.1 Å². The average Bonchev–Trinajstić information content (AvgIpc) is 2.68. The van der Waals surface area contributed by atoms with Crippen LogP contribution in [0.1, 0.15) is 12.5 Å². The van der Waals surface area contributed by atoms with Crippen LogP contribution in [-0.4, -0.2) is 12.5 Å². The number of hydrogen-bond acceptors (Lipinski definition) is 2. The molecule has 0 aliphatic rings. The van der Waals surface area contributed by atoms with Crippen LogP contribution in [-0.2, 0) is 11.2 Å². The molecule has 0 fully saturated rings. The largest absolute Gasteiger partial charge is 0.483 e. The van der Waals surface area contributed by atoms with Gasteiger partial charge in [-0.15, -0.1) is 0 Å². The second kappa shape index (κ2) is 8.54. The second-order valence-electron chi connectivity index (χ2n) is 5.85. The van der Waals surface area contributed by atoms with Gasteiger partial charge in [0.1, 0.15) is 5.75 Å². The van der Waals surface area contributed by atoms with Gasteiger partial charge in [0, 0.05) is 16.3 Å². The third kappa shape index (κ3) is 4.44. The lowest BCUT2D eigenvalue weighted by atomic mass is 10.0. The Labute approximate surface area is 158 Å². The molecule has 132 valence electrons. The van der Waals surface area contributed by atoms with E-state index in [1.807, 2.05) is 60.7 Å². The van der Waals surface area contributed by atoms with E-state index in [0.29, 0.717) is 10.8 Å². The first-order valence-corrected chi connectivity index (χ1v) is 8.90. The Bertz CT molecular complexity index is 894. The maximum Gasteiger partial charge on any atom is 0.262 e. The number of amides is 1. The van der Waals surface area contributed by atoms with Crippen LogP contribution in [0.15, 0.2) is 72.8 Å². The Balaban J connectivity index is 1.73. The lowest BCUT2D eigenvalue weighted by molar-refractivity contribution is -0.118. The minimum Gasteiger partial charge on any atom is -0.483 e. The Kier molecular flexibility index (Phi) is 5.92. The SMILES string of the molecule is CCc1ccccc1NC(=O)COc1ccc(Cl)cc1-c1ccccc1. The summed E-state index contributed by atoms with van der Waals surface area (Å²) in [5.41, 5.74) is 3.77. The number of carbonyl (C=O) groups is 1. The molecule has 0 saturated heterocycles. The quantitative estimate of drug-likeness (QED) is 0.618. The lowest BCUT2D eigenvalue weighted by Crippen LogP contribution is -2.21. The molecule has 0 aliphatic carbocycles. The summed E-state index contributed by atoms with van der Waals surface area (Å²) in [4.78, 5) is 12.3. The highest BCUT2D eigenvalue weighted by Crippen LogP contribution is 2.32. The maximum absolute atomic E-state index is 12.3. The van der Waals surface area contributed by atoms with Crippen molar-refractivity contribution in [3.8, 4) is 16.9 Å². The molecule has 1 N–H and O–H groups in total. The van der Waals surface area contributed by atoms with Gasteiger partial charge >= 0.3 is 0 Å². The molecule has 0 spiro atoms. The van der Waals surface area contributed by atoms with E-state index in [4.69, 9.17) is 16.3 Å². The van der Waals surface area contributed by atoms with Crippen molar-refractivity contribution in [2.24, 2.45) is 0 Å². The Morgan fingerprint density at radius 2 is 1.73 bits per heavy atom. The van der Waals surface area contributed by atoms with E-state index in [1.165, 1.54) is 0 Å². The summed E-state index contributed by atoms with van der Waals surface area (Å²) in [7, 11) is 0. The molecular formula is C22H20ClNO2. The first-order chi connectivity index (χ1) is 12.7. The number of aryl methyl sites for hydroxylation is 1. The molecule has 0 aromatic heterocycles. The van der Waals surface area contributed by atoms with Crippen molar-refractivity contribution >= 4 is 23.2 Å². The number of hydrogen-bond donors (Lipinski definition) is 1. The molecule has 3 nitrogen and oxygen atoms in total. The van der Waals surface area contributed by atoms with Gasteiger partial charge in [-0.25, -0.2) is 0 Å².